The van der Waals surface area contributed by atoms with Crippen molar-refractivity contribution in [1.82, 2.24) is 10.3 Å². The molecule has 14 heavy (non-hydrogen) atoms. The van der Waals surface area contributed by atoms with E-state index >= 15 is 0 Å². The van der Waals surface area contributed by atoms with Crippen LogP contribution in [-0.4, -0.2) is 17.7 Å². The Bertz CT molecular complexity index is 384. The zero-order valence-electron chi connectivity index (χ0n) is 6.96. The number of aromatic nitrogens is 1. The van der Waals surface area contributed by atoms with Gasteiger partial charge in [0.2, 0.25) is 0 Å². The molecule has 1 fully saturated rings. The number of cyclic esters (lactones) is 1. The lowest BCUT2D eigenvalue weighted by atomic mass is 10.1. The third-order valence-corrected chi connectivity index (χ3v) is 2.41. The molecule has 2 heterocycles. The van der Waals surface area contributed by atoms with Crippen LogP contribution in [0.2, 0.25) is 10.3 Å². The quantitative estimate of drug-likeness (QED) is 0.756. The molecule has 1 amide bonds. The van der Waals surface area contributed by atoms with Gasteiger partial charge in [-0.3, -0.25) is 0 Å². The Balaban J connectivity index is 2.28. The van der Waals surface area contributed by atoms with Crippen LogP contribution in [0, 0.1) is 0 Å². The Kier molecular flexibility index (Phi) is 2.48. The molecule has 1 aromatic heterocycles. The van der Waals surface area contributed by atoms with Crippen molar-refractivity contribution in [2.45, 2.75) is 6.04 Å². The molecule has 1 saturated heterocycles. The van der Waals surface area contributed by atoms with Crippen molar-refractivity contribution >= 4 is 29.3 Å². The van der Waals surface area contributed by atoms with Crippen molar-refractivity contribution in [3.05, 3.63) is 28.0 Å². The minimum Gasteiger partial charge on any atom is -0.447 e. The number of nitrogens with one attached hydrogen (secondary N) is 1. The highest BCUT2D eigenvalue weighted by Crippen LogP contribution is 2.25. The highest BCUT2D eigenvalue weighted by atomic mass is 35.5. The van der Waals surface area contributed by atoms with Crippen molar-refractivity contribution in [3.63, 3.8) is 0 Å². The van der Waals surface area contributed by atoms with Gasteiger partial charge < -0.3 is 10.1 Å². The van der Waals surface area contributed by atoms with Crippen molar-refractivity contribution in [1.29, 1.82) is 0 Å². The van der Waals surface area contributed by atoms with Crippen LogP contribution < -0.4 is 5.32 Å². The molecule has 1 N–H and O–H groups in total. The average molecular weight is 233 g/mol. The lowest BCUT2D eigenvalue weighted by molar-refractivity contribution is 0.177. The van der Waals surface area contributed by atoms with Crippen molar-refractivity contribution in [2.24, 2.45) is 0 Å². The minimum absolute atomic E-state index is 0.236. The lowest BCUT2D eigenvalue weighted by Crippen LogP contribution is -2.18. The number of hydrogen-bond acceptors (Lipinski definition) is 3. The van der Waals surface area contributed by atoms with Crippen molar-refractivity contribution in [2.75, 3.05) is 6.61 Å². The van der Waals surface area contributed by atoms with E-state index in [1.54, 1.807) is 12.1 Å². The summed E-state index contributed by atoms with van der Waals surface area (Å²) in [4.78, 5) is 14.6. The van der Waals surface area contributed by atoms with E-state index in [2.05, 4.69) is 10.3 Å². The van der Waals surface area contributed by atoms with E-state index in [9.17, 15) is 4.79 Å². The number of rotatable bonds is 1. The molecule has 0 unspecified atom stereocenters. The Morgan fingerprint density at radius 3 is 2.86 bits per heavy atom. The predicted molar refractivity (Wildman–Crippen MR) is 51.5 cm³/mol. The van der Waals surface area contributed by atoms with Gasteiger partial charge in [-0.25, -0.2) is 9.78 Å². The molecule has 74 valence electrons. The zero-order valence-corrected chi connectivity index (χ0v) is 8.47. The van der Waals surface area contributed by atoms with Crippen LogP contribution >= 0.6 is 23.2 Å². The van der Waals surface area contributed by atoms with Gasteiger partial charge in [0.05, 0.1) is 6.04 Å². The monoisotopic (exact) mass is 232 g/mol. The molecule has 0 saturated carbocycles. The van der Waals surface area contributed by atoms with Gasteiger partial charge in [-0.2, -0.15) is 0 Å². The Morgan fingerprint density at radius 2 is 2.29 bits per heavy atom. The molecule has 0 aliphatic carbocycles. The van der Waals surface area contributed by atoms with E-state index in [4.69, 9.17) is 27.9 Å². The number of pyridine rings is 1. The van der Waals surface area contributed by atoms with Gasteiger partial charge in [-0.1, -0.05) is 29.3 Å². The first kappa shape index (κ1) is 9.55. The second-order valence-electron chi connectivity index (χ2n) is 2.81. The fraction of sp³-hybridized carbons (Fsp3) is 0.250. The van der Waals surface area contributed by atoms with E-state index in [0.717, 1.165) is 0 Å². The molecule has 0 aromatic carbocycles. The van der Waals surface area contributed by atoms with Crippen molar-refractivity contribution in [3.8, 4) is 0 Å². The van der Waals surface area contributed by atoms with Gasteiger partial charge in [-0.15, -0.1) is 0 Å². The van der Waals surface area contributed by atoms with E-state index < -0.39 is 6.09 Å². The van der Waals surface area contributed by atoms with Gasteiger partial charge in [0, 0.05) is 5.56 Å². The second kappa shape index (κ2) is 3.63. The summed E-state index contributed by atoms with van der Waals surface area (Å²) in [5.74, 6) is 0. The average Bonchev–Trinajstić information content (AvgIpc) is 2.51. The Hall–Kier alpha value is -1.000. The minimum atomic E-state index is -0.444. The summed E-state index contributed by atoms with van der Waals surface area (Å²) in [5, 5.41) is 3.21. The number of carbonyl (C=O) groups is 1. The summed E-state index contributed by atoms with van der Waals surface area (Å²) in [6.07, 6.45) is -0.444. The molecule has 2 rings (SSSR count). The summed E-state index contributed by atoms with van der Waals surface area (Å²) in [7, 11) is 0. The van der Waals surface area contributed by atoms with E-state index in [1.165, 1.54) is 0 Å². The van der Waals surface area contributed by atoms with Crippen LogP contribution in [0.1, 0.15) is 11.6 Å². The lowest BCUT2D eigenvalue weighted by Gasteiger charge is -2.08. The summed E-state index contributed by atoms with van der Waals surface area (Å²) in [5.41, 5.74) is 0.710. The maximum atomic E-state index is 10.8. The summed E-state index contributed by atoms with van der Waals surface area (Å²) in [6, 6.07) is 3.10. The van der Waals surface area contributed by atoms with Crippen LogP contribution in [0.4, 0.5) is 4.79 Å². The molecule has 4 nitrogen and oxygen atoms in total. The fourth-order valence-electron chi connectivity index (χ4n) is 1.23. The van der Waals surface area contributed by atoms with Gasteiger partial charge in [0.15, 0.2) is 0 Å². The fourth-order valence-corrected chi connectivity index (χ4v) is 1.71. The van der Waals surface area contributed by atoms with Crippen LogP contribution in [0.15, 0.2) is 12.1 Å². The second-order valence-corrected chi connectivity index (χ2v) is 3.55. The van der Waals surface area contributed by atoms with Crippen molar-refractivity contribution < 1.29 is 9.53 Å². The number of nitrogens with zero attached hydrogens (tertiary/aromatic N) is 1. The maximum absolute atomic E-state index is 10.8. The molecule has 0 spiro atoms. The molecule has 1 atom stereocenters. The van der Waals surface area contributed by atoms with E-state index in [0.29, 0.717) is 10.7 Å². The highest BCUT2D eigenvalue weighted by molar-refractivity contribution is 6.32. The first-order valence-corrected chi connectivity index (χ1v) is 4.67. The molecule has 0 bridgehead atoms. The summed E-state index contributed by atoms with van der Waals surface area (Å²) in [6.45, 7) is 0.266. The van der Waals surface area contributed by atoms with Gasteiger partial charge in [0.25, 0.3) is 0 Å². The largest absolute Gasteiger partial charge is 0.447 e. The summed E-state index contributed by atoms with van der Waals surface area (Å²) < 4.78 is 4.74. The number of alkyl carbamates (subject to hydrolysis) is 1. The standard InChI is InChI=1S/C8H6Cl2N2O2/c9-6-2-1-4(7(10)12-6)5-3-14-8(13)11-5/h1-2,5H,3H2,(H,11,13)/t5-/m1/s1. The van der Waals surface area contributed by atoms with E-state index in [1.807, 2.05) is 0 Å². The number of carbonyl (C=O) groups excluding carboxylic acids is 1. The first-order valence-electron chi connectivity index (χ1n) is 3.92. The number of hydrogen-bond donors (Lipinski definition) is 1. The molecule has 1 aliphatic rings. The predicted octanol–water partition coefficient (Wildman–Crippen LogP) is 2.17. The van der Waals surface area contributed by atoms with Gasteiger partial charge >= 0.3 is 6.09 Å². The van der Waals surface area contributed by atoms with Gasteiger partial charge in [-0.05, 0) is 6.07 Å². The van der Waals surface area contributed by atoms with Crippen LogP contribution in [0.25, 0.3) is 0 Å². The first-order chi connectivity index (χ1) is 6.66. The molecule has 6 heteroatoms. The number of amides is 1. The Morgan fingerprint density at radius 1 is 1.50 bits per heavy atom. The SMILES string of the molecule is O=C1N[C@@H](c2ccc(Cl)nc2Cl)CO1. The summed E-state index contributed by atoms with van der Waals surface area (Å²) >= 11 is 11.5. The number of ether oxygens (including phenoxy) is 1. The third kappa shape index (κ3) is 1.76. The number of halogens is 2. The normalized spacial score (nSPS) is 20.4. The molecule has 0 radical (unpaired) electrons. The smallest absolute Gasteiger partial charge is 0.407 e. The third-order valence-electron chi connectivity index (χ3n) is 1.89. The highest BCUT2D eigenvalue weighted by Gasteiger charge is 2.25. The van der Waals surface area contributed by atoms with Crippen LogP contribution in [-0.2, 0) is 4.74 Å². The van der Waals surface area contributed by atoms with Gasteiger partial charge in [0.1, 0.15) is 16.9 Å². The maximum Gasteiger partial charge on any atom is 0.407 e. The Labute approximate surface area is 90.2 Å². The molecule has 1 aliphatic heterocycles. The van der Waals surface area contributed by atoms with E-state index in [-0.39, 0.29) is 17.8 Å². The molecule has 1 aromatic rings. The molecular formula is C8H6Cl2N2O2. The topological polar surface area (TPSA) is 51.2 Å². The van der Waals surface area contributed by atoms with Crippen LogP contribution in [0.3, 0.4) is 0 Å². The zero-order chi connectivity index (χ0) is 10.1. The van der Waals surface area contributed by atoms with Crippen LogP contribution in [0.5, 0.6) is 0 Å². The molecular weight excluding hydrogens is 227 g/mol.